The highest BCUT2D eigenvalue weighted by Gasteiger charge is 2.57. The van der Waals surface area contributed by atoms with Crippen molar-refractivity contribution in [2.75, 3.05) is 16.8 Å². The van der Waals surface area contributed by atoms with E-state index >= 15 is 0 Å². The third-order valence-corrected chi connectivity index (χ3v) is 6.17. The van der Waals surface area contributed by atoms with Crippen molar-refractivity contribution in [1.29, 1.82) is 0 Å². The average Bonchev–Trinajstić information content (AvgIpc) is 2.78. The van der Waals surface area contributed by atoms with Crippen LogP contribution in [0.2, 0.25) is 0 Å². The van der Waals surface area contributed by atoms with Gasteiger partial charge in [-0.25, -0.2) is 9.78 Å². The fourth-order valence-electron chi connectivity index (χ4n) is 4.91. The lowest BCUT2D eigenvalue weighted by molar-refractivity contribution is -0.118. The van der Waals surface area contributed by atoms with Gasteiger partial charge in [-0.05, 0) is 44.2 Å². The number of hydrogen-bond donors (Lipinski definition) is 1. The van der Waals surface area contributed by atoms with Crippen LogP contribution >= 0.6 is 0 Å². The predicted molar refractivity (Wildman–Crippen MR) is 106 cm³/mol. The van der Waals surface area contributed by atoms with Gasteiger partial charge in [0.15, 0.2) is 0 Å². The van der Waals surface area contributed by atoms with E-state index in [1.54, 1.807) is 13.1 Å². The SMILES string of the molecule is CC(=O)N1c2cnc(NC(=O)OCC(C)C)cc2C2(CCCCC2)C1(C)C. The zero-order valence-corrected chi connectivity index (χ0v) is 17.1. The molecule has 1 aliphatic carbocycles. The molecule has 1 saturated carbocycles. The smallest absolute Gasteiger partial charge is 0.412 e. The highest BCUT2D eigenvalue weighted by Crippen LogP contribution is 2.58. The third-order valence-electron chi connectivity index (χ3n) is 6.17. The predicted octanol–water partition coefficient (Wildman–Crippen LogP) is 4.63. The van der Waals surface area contributed by atoms with Crippen LogP contribution in [-0.2, 0) is 14.9 Å². The lowest BCUT2D eigenvalue weighted by Crippen LogP contribution is -2.56. The zero-order chi connectivity index (χ0) is 19.8. The molecule has 6 nitrogen and oxygen atoms in total. The molecular formula is C21H31N3O3. The molecule has 0 unspecified atom stereocenters. The van der Waals surface area contributed by atoms with Crippen molar-refractivity contribution in [3.05, 3.63) is 17.8 Å². The summed E-state index contributed by atoms with van der Waals surface area (Å²) in [4.78, 5) is 30.8. The van der Waals surface area contributed by atoms with Crippen LogP contribution < -0.4 is 10.2 Å². The Morgan fingerprint density at radius 3 is 2.52 bits per heavy atom. The molecule has 1 aromatic rings. The van der Waals surface area contributed by atoms with Crippen molar-refractivity contribution in [3.63, 3.8) is 0 Å². The van der Waals surface area contributed by atoms with E-state index in [4.69, 9.17) is 4.74 Å². The number of carbonyl (C=O) groups is 2. The Bertz CT molecular complexity index is 736. The number of ether oxygens (including phenoxy) is 1. The Balaban J connectivity index is 1.97. The van der Waals surface area contributed by atoms with Crippen molar-refractivity contribution in [2.24, 2.45) is 5.92 Å². The molecule has 1 spiro atoms. The molecule has 2 heterocycles. The summed E-state index contributed by atoms with van der Waals surface area (Å²) in [5, 5.41) is 2.74. The lowest BCUT2D eigenvalue weighted by Gasteiger charge is -2.47. The van der Waals surface area contributed by atoms with Crippen molar-refractivity contribution < 1.29 is 14.3 Å². The summed E-state index contributed by atoms with van der Waals surface area (Å²) < 4.78 is 5.21. The number of pyridine rings is 1. The second kappa shape index (κ2) is 7.13. The van der Waals surface area contributed by atoms with E-state index < -0.39 is 6.09 Å². The highest BCUT2D eigenvalue weighted by atomic mass is 16.5. The quantitative estimate of drug-likeness (QED) is 0.838. The summed E-state index contributed by atoms with van der Waals surface area (Å²) in [6.45, 7) is 10.3. The van der Waals surface area contributed by atoms with Gasteiger partial charge in [-0.2, -0.15) is 0 Å². The van der Waals surface area contributed by atoms with Crippen LogP contribution in [0, 0.1) is 5.92 Å². The molecule has 2 aliphatic rings. The fourth-order valence-corrected chi connectivity index (χ4v) is 4.91. The van der Waals surface area contributed by atoms with E-state index in [0.717, 1.165) is 36.9 Å². The maximum Gasteiger partial charge on any atom is 0.412 e. The summed E-state index contributed by atoms with van der Waals surface area (Å²) >= 11 is 0. The maximum absolute atomic E-state index is 12.5. The van der Waals surface area contributed by atoms with Gasteiger partial charge in [0.2, 0.25) is 5.91 Å². The number of nitrogens with zero attached hydrogens (tertiary/aromatic N) is 2. The fraction of sp³-hybridized carbons (Fsp3) is 0.667. The van der Waals surface area contributed by atoms with Crippen LogP contribution in [-0.4, -0.2) is 29.1 Å². The van der Waals surface area contributed by atoms with Crippen molar-refractivity contribution in [3.8, 4) is 0 Å². The Morgan fingerprint density at radius 2 is 1.93 bits per heavy atom. The normalized spacial score (nSPS) is 19.9. The summed E-state index contributed by atoms with van der Waals surface area (Å²) in [5.41, 5.74) is 1.57. The number of fused-ring (bicyclic) bond motifs is 2. The molecule has 0 bridgehead atoms. The Hall–Kier alpha value is -2.11. The van der Waals surface area contributed by atoms with Crippen molar-refractivity contribution in [2.45, 2.75) is 77.7 Å². The second-order valence-electron chi connectivity index (χ2n) is 8.76. The van der Waals surface area contributed by atoms with Crippen LogP contribution in [0.25, 0.3) is 0 Å². The number of amides is 2. The van der Waals surface area contributed by atoms with E-state index in [-0.39, 0.29) is 22.8 Å². The van der Waals surface area contributed by atoms with Crippen LogP contribution in [0.1, 0.15) is 72.3 Å². The Labute approximate surface area is 161 Å². The number of rotatable bonds is 3. The molecule has 2 amide bonds. The molecule has 27 heavy (non-hydrogen) atoms. The van der Waals surface area contributed by atoms with E-state index in [1.165, 1.54) is 6.42 Å². The van der Waals surface area contributed by atoms with Gasteiger partial charge in [0.05, 0.1) is 24.0 Å². The lowest BCUT2D eigenvalue weighted by atomic mass is 9.61. The summed E-state index contributed by atoms with van der Waals surface area (Å²) in [5.74, 6) is 0.787. The van der Waals surface area contributed by atoms with Crippen molar-refractivity contribution in [1.82, 2.24) is 4.98 Å². The van der Waals surface area contributed by atoms with Gasteiger partial charge in [0.25, 0.3) is 0 Å². The molecule has 148 valence electrons. The Kier molecular flexibility index (Phi) is 5.19. The standard InChI is InChI=1S/C21H31N3O3/c1-14(2)13-27-19(26)23-18-11-16-17(12-22-18)24(15(3)25)20(4,5)21(16)9-7-6-8-10-21/h11-12,14H,6-10,13H2,1-5H3,(H,22,23,26). The van der Waals surface area contributed by atoms with Crippen LogP contribution in [0.15, 0.2) is 12.3 Å². The topological polar surface area (TPSA) is 71.5 Å². The van der Waals surface area contributed by atoms with Crippen LogP contribution in [0.4, 0.5) is 16.3 Å². The van der Waals surface area contributed by atoms with Crippen LogP contribution in [0.3, 0.4) is 0 Å². The minimum Gasteiger partial charge on any atom is -0.449 e. The van der Waals surface area contributed by atoms with Gasteiger partial charge in [-0.3, -0.25) is 10.1 Å². The zero-order valence-electron chi connectivity index (χ0n) is 17.1. The molecule has 0 radical (unpaired) electrons. The molecule has 0 saturated heterocycles. The van der Waals surface area contributed by atoms with Gasteiger partial charge in [0, 0.05) is 12.3 Å². The minimum atomic E-state index is -0.491. The first kappa shape index (κ1) is 19.6. The first-order chi connectivity index (χ1) is 12.7. The van der Waals surface area contributed by atoms with E-state index in [2.05, 4.69) is 24.1 Å². The number of aromatic nitrogens is 1. The summed E-state index contributed by atoms with van der Waals surface area (Å²) in [7, 11) is 0. The van der Waals surface area contributed by atoms with Crippen LogP contribution in [0.5, 0.6) is 0 Å². The number of nitrogens with one attached hydrogen (secondary N) is 1. The number of carbonyl (C=O) groups excluding carboxylic acids is 2. The molecular weight excluding hydrogens is 342 g/mol. The molecule has 1 fully saturated rings. The molecule has 1 aromatic heterocycles. The molecule has 1 aliphatic heterocycles. The van der Waals surface area contributed by atoms with Gasteiger partial charge in [0.1, 0.15) is 5.82 Å². The molecule has 0 atom stereocenters. The molecule has 6 heteroatoms. The van der Waals surface area contributed by atoms with E-state index in [1.807, 2.05) is 24.8 Å². The second-order valence-corrected chi connectivity index (χ2v) is 8.76. The molecule has 0 aromatic carbocycles. The largest absolute Gasteiger partial charge is 0.449 e. The van der Waals surface area contributed by atoms with Crippen molar-refractivity contribution >= 4 is 23.5 Å². The molecule has 1 N–H and O–H groups in total. The highest BCUT2D eigenvalue weighted by molar-refractivity contribution is 5.97. The molecule has 3 rings (SSSR count). The Morgan fingerprint density at radius 1 is 1.26 bits per heavy atom. The summed E-state index contributed by atoms with van der Waals surface area (Å²) in [6.07, 6.45) is 6.84. The van der Waals surface area contributed by atoms with Gasteiger partial charge in [-0.15, -0.1) is 0 Å². The van der Waals surface area contributed by atoms with E-state index in [0.29, 0.717) is 12.4 Å². The van der Waals surface area contributed by atoms with E-state index in [9.17, 15) is 9.59 Å². The average molecular weight is 373 g/mol. The monoisotopic (exact) mass is 373 g/mol. The minimum absolute atomic E-state index is 0.0301. The summed E-state index contributed by atoms with van der Waals surface area (Å²) in [6, 6.07) is 1.95. The first-order valence-electron chi connectivity index (χ1n) is 9.94. The first-order valence-corrected chi connectivity index (χ1v) is 9.94. The number of hydrogen-bond acceptors (Lipinski definition) is 4. The third kappa shape index (κ3) is 3.30. The number of anilines is 2. The van der Waals surface area contributed by atoms with Gasteiger partial charge >= 0.3 is 6.09 Å². The maximum atomic E-state index is 12.5. The van der Waals surface area contributed by atoms with Gasteiger partial charge < -0.3 is 9.64 Å². The van der Waals surface area contributed by atoms with Gasteiger partial charge in [-0.1, -0.05) is 33.1 Å².